The Morgan fingerprint density at radius 3 is 2.82 bits per heavy atom. The van der Waals surface area contributed by atoms with Crippen LogP contribution >= 0.6 is 0 Å². The van der Waals surface area contributed by atoms with Gasteiger partial charge in [0.1, 0.15) is 0 Å². The van der Waals surface area contributed by atoms with Crippen molar-refractivity contribution in [1.29, 1.82) is 0 Å². The summed E-state index contributed by atoms with van der Waals surface area (Å²) >= 11 is 0. The van der Waals surface area contributed by atoms with E-state index in [9.17, 15) is 0 Å². The van der Waals surface area contributed by atoms with Gasteiger partial charge in [0.15, 0.2) is 0 Å². The molecule has 0 amide bonds. The van der Waals surface area contributed by atoms with Gasteiger partial charge in [-0.2, -0.15) is 5.10 Å². The van der Waals surface area contributed by atoms with Gasteiger partial charge in [0.05, 0.1) is 6.20 Å². The minimum atomic E-state index is 0.485. The van der Waals surface area contributed by atoms with E-state index < -0.39 is 0 Å². The molecule has 2 rings (SSSR count). The summed E-state index contributed by atoms with van der Waals surface area (Å²) in [6, 6.07) is 0. The van der Waals surface area contributed by atoms with Crippen LogP contribution in [-0.2, 0) is 13.5 Å². The van der Waals surface area contributed by atoms with Gasteiger partial charge in [0.25, 0.3) is 0 Å². The molecule has 0 saturated heterocycles. The number of nitrogens with two attached hydrogens (primary N) is 1. The molecule has 0 aromatic carbocycles. The van der Waals surface area contributed by atoms with Crippen LogP contribution in [0.1, 0.15) is 38.7 Å². The molecule has 3 nitrogen and oxygen atoms in total. The predicted octanol–water partition coefficient (Wildman–Crippen LogP) is 2.36. The second-order valence-corrected chi connectivity index (χ2v) is 6.39. The summed E-state index contributed by atoms with van der Waals surface area (Å²) in [6.45, 7) is 5.60. The van der Waals surface area contributed by atoms with E-state index in [4.69, 9.17) is 5.73 Å². The molecule has 1 fully saturated rings. The molecule has 2 atom stereocenters. The van der Waals surface area contributed by atoms with E-state index in [2.05, 4.69) is 25.1 Å². The molecule has 1 aliphatic carbocycles. The van der Waals surface area contributed by atoms with Crippen LogP contribution in [0.4, 0.5) is 0 Å². The maximum atomic E-state index is 5.92. The van der Waals surface area contributed by atoms with Gasteiger partial charge in [0.2, 0.25) is 0 Å². The average molecular weight is 235 g/mol. The Labute approximate surface area is 104 Å². The van der Waals surface area contributed by atoms with Crippen LogP contribution < -0.4 is 5.73 Å². The summed E-state index contributed by atoms with van der Waals surface area (Å²) in [6.07, 6.45) is 9.17. The van der Waals surface area contributed by atoms with Crippen LogP contribution in [0, 0.1) is 17.3 Å². The van der Waals surface area contributed by atoms with Gasteiger partial charge in [-0.05, 0) is 55.0 Å². The third-order valence-electron chi connectivity index (χ3n) is 4.23. The highest BCUT2D eigenvalue weighted by Crippen LogP contribution is 2.42. The molecule has 0 spiro atoms. The molecule has 0 aliphatic heterocycles. The second-order valence-electron chi connectivity index (χ2n) is 6.39. The molecule has 96 valence electrons. The third-order valence-corrected chi connectivity index (χ3v) is 4.23. The molecule has 0 bridgehead atoms. The lowest BCUT2D eigenvalue weighted by Gasteiger charge is -2.40. The van der Waals surface area contributed by atoms with Crippen molar-refractivity contribution in [1.82, 2.24) is 9.78 Å². The van der Waals surface area contributed by atoms with Crippen LogP contribution in [0.5, 0.6) is 0 Å². The molecule has 17 heavy (non-hydrogen) atoms. The lowest BCUT2D eigenvalue weighted by molar-refractivity contribution is 0.121. The number of nitrogens with zero attached hydrogens (tertiary/aromatic N) is 2. The van der Waals surface area contributed by atoms with Gasteiger partial charge in [-0.25, -0.2) is 0 Å². The fraction of sp³-hybridized carbons (Fsp3) is 0.786. The van der Waals surface area contributed by atoms with E-state index in [1.807, 2.05) is 17.9 Å². The Kier molecular flexibility index (Phi) is 3.57. The van der Waals surface area contributed by atoms with Gasteiger partial charge < -0.3 is 5.73 Å². The average Bonchev–Trinajstić information content (AvgIpc) is 2.63. The van der Waals surface area contributed by atoms with E-state index in [0.29, 0.717) is 11.3 Å². The zero-order valence-electron chi connectivity index (χ0n) is 11.3. The SMILES string of the molecule is Cn1cc(CC2CC(C)(C)CCC2CN)cn1. The van der Waals surface area contributed by atoms with Crippen molar-refractivity contribution in [3.63, 3.8) is 0 Å². The van der Waals surface area contributed by atoms with E-state index >= 15 is 0 Å². The van der Waals surface area contributed by atoms with Gasteiger partial charge in [-0.3, -0.25) is 4.68 Å². The Morgan fingerprint density at radius 2 is 2.24 bits per heavy atom. The van der Waals surface area contributed by atoms with E-state index in [-0.39, 0.29) is 0 Å². The summed E-state index contributed by atoms with van der Waals surface area (Å²) in [7, 11) is 1.98. The van der Waals surface area contributed by atoms with Crippen molar-refractivity contribution >= 4 is 0 Å². The first-order valence-electron chi connectivity index (χ1n) is 6.68. The zero-order chi connectivity index (χ0) is 12.5. The van der Waals surface area contributed by atoms with Crippen molar-refractivity contribution < 1.29 is 0 Å². The molecule has 1 heterocycles. The fourth-order valence-electron chi connectivity index (χ4n) is 3.22. The fourth-order valence-corrected chi connectivity index (χ4v) is 3.22. The largest absolute Gasteiger partial charge is 0.330 e. The van der Waals surface area contributed by atoms with E-state index in [1.165, 1.54) is 24.8 Å². The van der Waals surface area contributed by atoms with Crippen LogP contribution in [-0.4, -0.2) is 16.3 Å². The van der Waals surface area contributed by atoms with Crippen LogP contribution in [0.2, 0.25) is 0 Å². The molecular formula is C14H25N3. The Hall–Kier alpha value is -0.830. The standard InChI is InChI=1S/C14H25N3/c1-14(2)5-4-12(8-15)13(7-14)6-11-9-16-17(3)10-11/h9-10,12-13H,4-8,15H2,1-3H3. The predicted molar refractivity (Wildman–Crippen MR) is 70.6 cm³/mol. The number of hydrogen-bond donors (Lipinski definition) is 1. The first-order valence-corrected chi connectivity index (χ1v) is 6.68. The maximum Gasteiger partial charge on any atom is 0.0521 e. The molecule has 3 heteroatoms. The van der Waals surface area contributed by atoms with Crippen molar-refractivity contribution in [3.8, 4) is 0 Å². The Bertz CT molecular complexity index is 367. The number of rotatable bonds is 3. The number of hydrogen-bond acceptors (Lipinski definition) is 2. The minimum Gasteiger partial charge on any atom is -0.330 e. The molecule has 1 saturated carbocycles. The monoisotopic (exact) mass is 235 g/mol. The van der Waals surface area contributed by atoms with Gasteiger partial charge in [-0.15, -0.1) is 0 Å². The van der Waals surface area contributed by atoms with Crippen molar-refractivity contribution in [2.24, 2.45) is 30.0 Å². The van der Waals surface area contributed by atoms with E-state index in [1.54, 1.807) is 0 Å². The Balaban J connectivity index is 2.05. The molecular weight excluding hydrogens is 210 g/mol. The third kappa shape index (κ3) is 3.09. The highest BCUT2D eigenvalue weighted by Gasteiger charge is 2.34. The molecule has 1 aromatic heterocycles. The van der Waals surface area contributed by atoms with Crippen LogP contribution in [0.3, 0.4) is 0 Å². The van der Waals surface area contributed by atoms with Crippen molar-refractivity contribution in [2.75, 3.05) is 6.54 Å². The van der Waals surface area contributed by atoms with Gasteiger partial charge in [-0.1, -0.05) is 13.8 Å². The summed E-state index contributed by atoms with van der Waals surface area (Å²) < 4.78 is 1.89. The first kappa shape index (κ1) is 12.6. The highest BCUT2D eigenvalue weighted by molar-refractivity contribution is 5.06. The molecule has 1 aromatic rings. The summed E-state index contributed by atoms with van der Waals surface area (Å²) in [5.74, 6) is 1.43. The van der Waals surface area contributed by atoms with Crippen LogP contribution in [0.15, 0.2) is 12.4 Å². The number of aromatic nitrogens is 2. The van der Waals surface area contributed by atoms with Crippen molar-refractivity contribution in [2.45, 2.75) is 39.5 Å². The molecule has 0 radical (unpaired) electrons. The maximum absolute atomic E-state index is 5.92. The smallest absolute Gasteiger partial charge is 0.0521 e. The molecule has 1 aliphatic rings. The quantitative estimate of drug-likeness (QED) is 0.874. The topological polar surface area (TPSA) is 43.8 Å². The lowest BCUT2D eigenvalue weighted by Crippen LogP contribution is -2.35. The van der Waals surface area contributed by atoms with Crippen LogP contribution in [0.25, 0.3) is 0 Å². The summed E-state index contributed by atoms with van der Waals surface area (Å²) in [5, 5.41) is 4.25. The summed E-state index contributed by atoms with van der Waals surface area (Å²) in [5.41, 5.74) is 7.76. The van der Waals surface area contributed by atoms with Gasteiger partial charge in [0, 0.05) is 13.2 Å². The highest BCUT2D eigenvalue weighted by atomic mass is 15.2. The second kappa shape index (κ2) is 4.81. The normalized spacial score (nSPS) is 28.2. The molecule has 2 unspecified atom stereocenters. The zero-order valence-corrected chi connectivity index (χ0v) is 11.3. The first-order chi connectivity index (χ1) is 8.00. The van der Waals surface area contributed by atoms with E-state index in [0.717, 1.165) is 18.9 Å². The number of aryl methyl sites for hydroxylation is 1. The summed E-state index contributed by atoms with van der Waals surface area (Å²) in [4.78, 5) is 0. The Morgan fingerprint density at radius 1 is 1.47 bits per heavy atom. The van der Waals surface area contributed by atoms with Gasteiger partial charge >= 0.3 is 0 Å². The molecule has 2 N–H and O–H groups in total. The van der Waals surface area contributed by atoms with Crippen molar-refractivity contribution in [3.05, 3.63) is 18.0 Å². The minimum absolute atomic E-state index is 0.485. The lowest BCUT2D eigenvalue weighted by atomic mass is 9.66.